The van der Waals surface area contributed by atoms with Gasteiger partial charge in [0, 0.05) is 0 Å². The zero-order valence-electron chi connectivity index (χ0n) is 14.4. The van der Waals surface area contributed by atoms with Crippen molar-refractivity contribution in [2.24, 2.45) is 4.99 Å². The number of hydrogen-bond donors (Lipinski definition) is 1. The monoisotopic (exact) mass is 349 g/mol. The van der Waals surface area contributed by atoms with Crippen molar-refractivity contribution in [2.45, 2.75) is 31.6 Å². The molecule has 1 aliphatic rings. The van der Waals surface area contributed by atoms with Gasteiger partial charge < -0.3 is 5.32 Å². The van der Waals surface area contributed by atoms with E-state index in [2.05, 4.69) is 47.6 Å². The van der Waals surface area contributed by atoms with E-state index in [1.165, 1.54) is 17.3 Å². The van der Waals surface area contributed by atoms with Crippen LogP contribution in [0, 0.1) is 18.3 Å². The van der Waals surface area contributed by atoms with Gasteiger partial charge in [-0.05, 0) is 44.0 Å². The molecule has 1 aliphatic heterocycles. The van der Waals surface area contributed by atoms with E-state index >= 15 is 0 Å². The third-order valence-corrected chi connectivity index (χ3v) is 5.62. The van der Waals surface area contributed by atoms with Crippen LogP contribution in [0.5, 0.6) is 0 Å². The second kappa shape index (κ2) is 6.73. The summed E-state index contributed by atoms with van der Waals surface area (Å²) in [6, 6.07) is 17.4. The van der Waals surface area contributed by atoms with E-state index in [1.54, 1.807) is 12.1 Å². The predicted molar refractivity (Wildman–Crippen MR) is 101 cm³/mol. The molecular formula is C20H19N3OS. The molecule has 3 rings (SSSR count). The fraction of sp³-hybridized carbons (Fsp3) is 0.250. The van der Waals surface area contributed by atoms with Gasteiger partial charge in [0.1, 0.15) is 4.75 Å². The lowest BCUT2D eigenvalue weighted by Crippen LogP contribution is -2.31. The van der Waals surface area contributed by atoms with E-state index in [0.717, 1.165) is 11.1 Å². The number of nitriles is 1. The van der Waals surface area contributed by atoms with E-state index in [4.69, 9.17) is 5.26 Å². The Morgan fingerprint density at radius 2 is 1.80 bits per heavy atom. The molecule has 126 valence electrons. The number of thioether (sulfide) groups is 1. The largest absolute Gasteiger partial charge is 0.304 e. The Labute approximate surface area is 152 Å². The van der Waals surface area contributed by atoms with Gasteiger partial charge in [-0.25, -0.2) is 0 Å². The number of nitrogens with one attached hydrogen (secondary N) is 1. The van der Waals surface area contributed by atoms with Crippen LogP contribution >= 0.6 is 11.8 Å². The summed E-state index contributed by atoms with van der Waals surface area (Å²) in [5.41, 5.74) is 3.76. The van der Waals surface area contributed by atoms with E-state index in [1.807, 2.05) is 26.0 Å². The summed E-state index contributed by atoms with van der Waals surface area (Å²) in [6.45, 7) is 5.95. The quantitative estimate of drug-likeness (QED) is 0.909. The maximum atomic E-state index is 12.5. The van der Waals surface area contributed by atoms with Crippen molar-refractivity contribution in [1.29, 1.82) is 5.26 Å². The Morgan fingerprint density at radius 3 is 2.40 bits per heavy atom. The predicted octanol–water partition coefficient (Wildman–Crippen LogP) is 4.06. The summed E-state index contributed by atoms with van der Waals surface area (Å²) in [5.74, 6) is -0.0861. The fourth-order valence-electron chi connectivity index (χ4n) is 2.69. The first-order chi connectivity index (χ1) is 11.9. The summed E-state index contributed by atoms with van der Waals surface area (Å²) in [7, 11) is 0. The molecule has 2 aromatic rings. The molecule has 1 N–H and O–H groups in total. The van der Waals surface area contributed by atoms with Crippen LogP contribution in [-0.2, 0) is 9.54 Å². The molecule has 25 heavy (non-hydrogen) atoms. The number of carbonyl (C=O) groups excluding carboxylic acids is 1. The number of nitrogens with zero attached hydrogens (tertiary/aromatic N) is 2. The highest BCUT2D eigenvalue weighted by Crippen LogP contribution is 2.41. The number of aliphatic imine (C=N–C) groups is 1. The molecule has 5 heteroatoms. The SMILES string of the molecule is Cc1ccc([C@H](C)N=C2NC(=O)C(C)(c3ccc(C#N)cc3)S2)cc1. The first-order valence-corrected chi connectivity index (χ1v) is 8.89. The molecule has 2 aromatic carbocycles. The first-order valence-electron chi connectivity index (χ1n) is 8.08. The third kappa shape index (κ3) is 3.45. The molecule has 2 atom stereocenters. The molecule has 0 aliphatic carbocycles. The minimum atomic E-state index is -0.736. The molecule has 4 nitrogen and oxygen atoms in total. The van der Waals surface area contributed by atoms with Crippen LogP contribution in [0.2, 0.25) is 0 Å². The average Bonchev–Trinajstić information content (AvgIpc) is 2.90. The van der Waals surface area contributed by atoms with Gasteiger partial charge in [-0.15, -0.1) is 0 Å². The third-order valence-electron chi connectivity index (χ3n) is 4.39. The molecule has 0 radical (unpaired) electrons. The molecular weight excluding hydrogens is 330 g/mol. The molecule has 1 fully saturated rings. The van der Waals surface area contributed by atoms with Crippen LogP contribution in [0.15, 0.2) is 53.5 Å². The van der Waals surface area contributed by atoms with Crippen LogP contribution in [0.3, 0.4) is 0 Å². The van der Waals surface area contributed by atoms with E-state index in [0.29, 0.717) is 10.7 Å². The van der Waals surface area contributed by atoms with E-state index in [9.17, 15) is 4.79 Å². The lowest BCUT2D eigenvalue weighted by Gasteiger charge is -2.19. The normalized spacial score (nSPS) is 22.5. The number of benzene rings is 2. The van der Waals surface area contributed by atoms with Gasteiger partial charge in [0.15, 0.2) is 5.17 Å². The highest BCUT2D eigenvalue weighted by atomic mass is 32.2. The van der Waals surface area contributed by atoms with Crippen LogP contribution in [0.4, 0.5) is 0 Å². The standard InChI is InChI=1S/C20H19N3OS/c1-13-4-8-16(9-5-13)14(2)22-19-23-18(24)20(3,25-19)17-10-6-15(12-21)7-11-17/h4-11,14H,1-3H3,(H,22,23,24)/t14-,20?/m0/s1. The van der Waals surface area contributed by atoms with Gasteiger partial charge in [0.25, 0.3) is 0 Å². The maximum absolute atomic E-state index is 12.5. The van der Waals surface area contributed by atoms with Crippen molar-refractivity contribution in [2.75, 3.05) is 0 Å². The van der Waals surface area contributed by atoms with Crippen molar-refractivity contribution in [1.82, 2.24) is 5.32 Å². The highest BCUT2D eigenvalue weighted by molar-refractivity contribution is 8.15. The number of aryl methyl sites for hydroxylation is 1. The minimum absolute atomic E-state index is 0.0354. The van der Waals surface area contributed by atoms with Gasteiger partial charge in [0.2, 0.25) is 5.91 Å². The van der Waals surface area contributed by atoms with Gasteiger partial charge >= 0.3 is 0 Å². The van der Waals surface area contributed by atoms with Crippen molar-refractivity contribution in [3.8, 4) is 6.07 Å². The number of rotatable bonds is 3. The van der Waals surface area contributed by atoms with Gasteiger partial charge in [0.05, 0.1) is 17.7 Å². The lowest BCUT2D eigenvalue weighted by atomic mass is 9.98. The maximum Gasteiger partial charge on any atom is 0.246 e. The smallest absolute Gasteiger partial charge is 0.246 e. The number of amidine groups is 1. The zero-order chi connectivity index (χ0) is 18.0. The van der Waals surface area contributed by atoms with Gasteiger partial charge in [-0.3, -0.25) is 9.79 Å². The summed E-state index contributed by atoms with van der Waals surface area (Å²) in [6.07, 6.45) is 0. The Kier molecular flexibility index (Phi) is 4.65. The summed E-state index contributed by atoms with van der Waals surface area (Å²) >= 11 is 1.42. The van der Waals surface area contributed by atoms with Crippen molar-refractivity contribution in [3.05, 3.63) is 70.8 Å². The van der Waals surface area contributed by atoms with Crippen LogP contribution in [0.1, 0.15) is 42.1 Å². The first kappa shape index (κ1) is 17.2. The Morgan fingerprint density at radius 1 is 1.16 bits per heavy atom. The number of carbonyl (C=O) groups is 1. The average molecular weight is 349 g/mol. The molecule has 1 amide bonds. The summed E-state index contributed by atoms with van der Waals surface area (Å²) in [4.78, 5) is 17.2. The Balaban J connectivity index is 1.83. The molecule has 0 bridgehead atoms. The molecule has 1 saturated heterocycles. The molecule has 1 unspecified atom stereocenters. The van der Waals surface area contributed by atoms with E-state index < -0.39 is 4.75 Å². The fourth-order valence-corrected chi connectivity index (χ4v) is 3.83. The molecule has 1 heterocycles. The molecule has 0 aromatic heterocycles. The van der Waals surface area contributed by atoms with Crippen LogP contribution < -0.4 is 5.32 Å². The van der Waals surface area contributed by atoms with Gasteiger partial charge in [-0.2, -0.15) is 5.26 Å². The van der Waals surface area contributed by atoms with Crippen molar-refractivity contribution >= 4 is 22.8 Å². The van der Waals surface area contributed by atoms with Crippen LogP contribution in [0.25, 0.3) is 0 Å². The second-order valence-electron chi connectivity index (χ2n) is 6.30. The summed E-state index contributed by atoms with van der Waals surface area (Å²) in [5, 5.41) is 12.4. The van der Waals surface area contributed by atoms with Crippen molar-refractivity contribution < 1.29 is 4.79 Å². The molecule has 0 spiro atoms. The lowest BCUT2D eigenvalue weighted by molar-refractivity contribution is -0.121. The number of amides is 1. The second-order valence-corrected chi connectivity index (χ2v) is 7.71. The number of hydrogen-bond acceptors (Lipinski definition) is 4. The highest BCUT2D eigenvalue weighted by Gasteiger charge is 2.44. The topological polar surface area (TPSA) is 65.2 Å². The summed E-state index contributed by atoms with van der Waals surface area (Å²) < 4.78 is -0.736. The zero-order valence-corrected chi connectivity index (χ0v) is 15.2. The van der Waals surface area contributed by atoms with E-state index in [-0.39, 0.29) is 11.9 Å². The van der Waals surface area contributed by atoms with Gasteiger partial charge in [-0.1, -0.05) is 53.7 Å². The Bertz CT molecular complexity index is 865. The minimum Gasteiger partial charge on any atom is -0.304 e. The van der Waals surface area contributed by atoms with Crippen molar-refractivity contribution in [3.63, 3.8) is 0 Å². The Hall–Kier alpha value is -2.58. The molecule has 0 saturated carbocycles. The van der Waals surface area contributed by atoms with Crippen LogP contribution in [-0.4, -0.2) is 11.1 Å².